The molecule has 1 heterocycles. The van der Waals surface area contributed by atoms with Gasteiger partial charge in [0.15, 0.2) is 11.0 Å². The van der Waals surface area contributed by atoms with E-state index in [-0.39, 0.29) is 27.8 Å². The fourth-order valence-corrected chi connectivity index (χ4v) is 1.76. The van der Waals surface area contributed by atoms with Gasteiger partial charge in [0.2, 0.25) is 5.75 Å². The number of nitro benzene ring substituents is 1. The minimum Gasteiger partial charge on any atom is -0.488 e. The monoisotopic (exact) mass is 249 g/mol. The van der Waals surface area contributed by atoms with Crippen LogP contribution in [0.4, 0.5) is 5.69 Å². The Labute approximate surface area is 102 Å². The number of benzene rings is 1. The molecule has 0 saturated carbocycles. The van der Waals surface area contributed by atoms with Crippen LogP contribution in [0.1, 0.15) is 11.3 Å². The molecular formula is C12H11NO5. The summed E-state index contributed by atoms with van der Waals surface area (Å²) in [5.41, 5.74) is 0.163. The second kappa shape index (κ2) is 4.14. The molecule has 1 aromatic carbocycles. The topological polar surface area (TPSA) is 82.6 Å². The van der Waals surface area contributed by atoms with Gasteiger partial charge in [-0.25, -0.2) is 0 Å². The Balaban J connectivity index is 2.99. The number of nitro groups is 1. The highest BCUT2D eigenvalue weighted by Crippen LogP contribution is 2.34. The Hall–Kier alpha value is -2.37. The molecule has 0 spiro atoms. The van der Waals surface area contributed by atoms with Crippen molar-refractivity contribution in [2.45, 2.75) is 13.8 Å². The summed E-state index contributed by atoms with van der Waals surface area (Å²) in [4.78, 5) is 22.3. The third-order valence-corrected chi connectivity index (χ3v) is 2.86. The first-order chi connectivity index (χ1) is 8.47. The maximum absolute atomic E-state index is 12.0. The average molecular weight is 249 g/mol. The van der Waals surface area contributed by atoms with E-state index in [0.717, 1.165) is 0 Å². The molecular weight excluding hydrogens is 238 g/mol. The van der Waals surface area contributed by atoms with E-state index in [1.54, 1.807) is 13.8 Å². The molecule has 1 aromatic heterocycles. The van der Waals surface area contributed by atoms with Crippen LogP contribution in [-0.4, -0.2) is 12.0 Å². The van der Waals surface area contributed by atoms with Gasteiger partial charge in [-0.2, -0.15) is 0 Å². The van der Waals surface area contributed by atoms with Gasteiger partial charge in [-0.1, -0.05) is 0 Å². The van der Waals surface area contributed by atoms with Crippen LogP contribution >= 0.6 is 0 Å². The van der Waals surface area contributed by atoms with E-state index in [1.165, 1.54) is 19.2 Å². The molecule has 0 atom stereocenters. The number of hydrogen-bond acceptors (Lipinski definition) is 5. The van der Waals surface area contributed by atoms with Crippen molar-refractivity contribution in [1.29, 1.82) is 0 Å². The minimum atomic E-state index is -0.576. The summed E-state index contributed by atoms with van der Waals surface area (Å²) in [5.74, 6) is 0.393. The van der Waals surface area contributed by atoms with Gasteiger partial charge in [0.05, 0.1) is 17.4 Å². The molecule has 0 unspecified atom stereocenters. The van der Waals surface area contributed by atoms with Crippen LogP contribution in [0.3, 0.4) is 0 Å². The lowest BCUT2D eigenvalue weighted by atomic mass is 10.1. The third-order valence-electron chi connectivity index (χ3n) is 2.86. The van der Waals surface area contributed by atoms with E-state index in [0.29, 0.717) is 11.3 Å². The number of rotatable bonds is 2. The van der Waals surface area contributed by atoms with Crippen LogP contribution in [0, 0.1) is 24.0 Å². The first-order valence-corrected chi connectivity index (χ1v) is 5.22. The van der Waals surface area contributed by atoms with Crippen LogP contribution in [0.25, 0.3) is 11.0 Å². The van der Waals surface area contributed by atoms with Gasteiger partial charge in [-0.15, -0.1) is 0 Å². The number of ether oxygens (including phenoxy) is 1. The molecule has 0 fully saturated rings. The second-order valence-electron chi connectivity index (χ2n) is 3.86. The van der Waals surface area contributed by atoms with Crippen LogP contribution in [0.15, 0.2) is 21.3 Å². The van der Waals surface area contributed by atoms with Crippen molar-refractivity contribution in [3.05, 3.63) is 43.8 Å². The van der Waals surface area contributed by atoms with E-state index < -0.39 is 4.92 Å². The molecule has 2 rings (SSSR count). The first-order valence-electron chi connectivity index (χ1n) is 5.22. The molecule has 0 aliphatic heterocycles. The first kappa shape index (κ1) is 12.1. The van der Waals surface area contributed by atoms with Gasteiger partial charge in [0.25, 0.3) is 0 Å². The summed E-state index contributed by atoms with van der Waals surface area (Å²) < 4.78 is 10.5. The molecule has 0 radical (unpaired) electrons. The van der Waals surface area contributed by atoms with Crippen LogP contribution in [0.2, 0.25) is 0 Å². The fourth-order valence-electron chi connectivity index (χ4n) is 1.76. The van der Waals surface area contributed by atoms with E-state index in [1.807, 2.05) is 0 Å². The SMILES string of the molecule is COc1c([N+](=O)[O-])ccc2c(=O)c(C)c(C)oc12. The lowest BCUT2D eigenvalue weighted by Crippen LogP contribution is -2.08. The highest BCUT2D eigenvalue weighted by Gasteiger charge is 2.22. The van der Waals surface area contributed by atoms with Gasteiger partial charge in [-0.3, -0.25) is 14.9 Å². The molecule has 18 heavy (non-hydrogen) atoms. The average Bonchev–Trinajstić information content (AvgIpc) is 2.34. The van der Waals surface area contributed by atoms with Crippen molar-refractivity contribution in [2.75, 3.05) is 7.11 Å². The normalized spacial score (nSPS) is 10.6. The van der Waals surface area contributed by atoms with Gasteiger partial charge in [-0.05, 0) is 19.9 Å². The number of fused-ring (bicyclic) bond motifs is 1. The minimum absolute atomic E-state index is 0.0299. The zero-order valence-corrected chi connectivity index (χ0v) is 10.1. The van der Waals surface area contributed by atoms with Crippen molar-refractivity contribution in [3.63, 3.8) is 0 Å². The summed E-state index contributed by atoms with van der Waals surface area (Å²) >= 11 is 0. The lowest BCUT2D eigenvalue weighted by Gasteiger charge is -2.07. The molecule has 0 amide bonds. The second-order valence-corrected chi connectivity index (χ2v) is 3.86. The molecule has 0 saturated heterocycles. The standard InChI is InChI=1S/C12H11NO5/c1-6-7(2)18-11-8(10(6)14)4-5-9(13(15)16)12(11)17-3/h4-5H,1-3H3. The molecule has 0 bridgehead atoms. The molecule has 94 valence electrons. The van der Waals surface area contributed by atoms with E-state index >= 15 is 0 Å². The van der Waals surface area contributed by atoms with Crippen LogP contribution in [0.5, 0.6) is 5.75 Å². The summed E-state index contributed by atoms with van der Waals surface area (Å²) in [7, 11) is 1.30. The van der Waals surface area contributed by atoms with Crippen LogP contribution in [-0.2, 0) is 0 Å². The molecule has 2 aromatic rings. The zero-order chi connectivity index (χ0) is 13.4. The van der Waals surface area contributed by atoms with Crippen molar-refractivity contribution in [2.24, 2.45) is 0 Å². The smallest absolute Gasteiger partial charge is 0.314 e. The Morgan fingerprint density at radius 1 is 1.33 bits per heavy atom. The quantitative estimate of drug-likeness (QED) is 0.602. The Bertz CT molecular complexity index is 702. The predicted molar refractivity (Wildman–Crippen MR) is 65.2 cm³/mol. The van der Waals surface area contributed by atoms with E-state index in [4.69, 9.17) is 9.15 Å². The number of aryl methyl sites for hydroxylation is 1. The molecule has 6 nitrogen and oxygen atoms in total. The maximum atomic E-state index is 12.0. The van der Waals surface area contributed by atoms with Crippen molar-refractivity contribution < 1.29 is 14.1 Å². The molecule has 0 aliphatic carbocycles. The fraction of sp³-hybridized carbons (Fsp3) is 0.250. The molecule has 0 N–H and O–H groups in total. The van der Waals surface area contributed by atoms with Crippen molar-refractivity contribution in [1.82, 2.24) is 0 Å². The van der Waals surface area contributed by atoms with Gasteiger partial charge < -0.3 is 9.15 Å². The molecule has 0 aliphatic rings. The largest absolute Gasteiger partial charge is 0.488 e. The van der Waals surface area contributed by atoms with Gasteiger partial charge >= 0.3 is 5.69 Å². The van der Waals surface area contributed by atoms with Crippen molar-refractivity contribution in [3.8, 4) is 5.75 Å². The highest BCUT2D eigenvalue weighted by atomic mass is 16.6. The van der Waals surface area contributed by atoms with Gasteiger partial charge in [0.1, 0.15) is 5.76 Å². The van der Waals surface area contributed by atoms with Crippen LogP contribution < -0.4 is 10.2 Å². The predicted octanol–water partition coefficient (Wildman–Crippen LogP) is 2.33. The lowest BCUT2D eigenvalue weighted by molar-refractivity contribution is -0.385. The Morgan fingerprint density at radius 3 is 2.56 bits per heavy atom. The number of hydrogen-bond donors (Lipinski definition) is 0. The van der Waals surface area contributed by atoms with E-state index in [9.17, 15) is 14.9 Å². The van der Waals surface area contributed by atoms with E-state index in [2.05, 4.69) is 0 Å². The Morgan fingerprint density at radius 2 is 2.00 bits per heavy atom. The van der Waals surface area contributed by atoms with Crippen molar-refractivity contribution >= 4 is 16.7 Å². The number of methoxy groups -OCH3 is 1. The summed E-state index contributed by atoms with van der Waals surface area (Å²) in [6.07, 6.45) is 0. The highest BCUT2D eigenvalue weighted by molar-refractivity contribution is 5.87. The number of nitrogens with zero attached hydrogens (tertiary/aromatic N) is 1. The third kappa shape index (κ3) is 1.62. The molecule has 6 heteroatoms. The maximum Gasteiger partial charge on any atom is 0.314 e. The zero-order valence-electron chi connectivity index (χ0n) is 10.1. The summed E-state index contributed by atoms with van der Waals surface area (Å²) in [6, 6.07) is 2.63. The summed E-state index contributed by atoms with van der Waals surface area (Å²) in [6.45, 7) is 3.28. The van der Waals surface area contributed by atoms with Gasteiger partial charge in [0, 0.05) is 11.6 Å². The Kier molecular flexibility index (Phi) is 2.78. The summed E-state index contributed by atoms with van der Waals surface area (Å²) in [5, 5.41) is 11.1.